The molecule has 4 aromatic rings. The smallest absolute Gasteiger partial charge is 0.193 e. The molecule has 8 nitrogen and oxygen atoms in total. The molecule has 3 heterocycles. The molecule has 0 spiro atoms. The van der Waals surface area contributed by atoms with Crippen LogP contribution in [-0.2, 0) is 13.6 Å². The van der Waals surface area contributed by atoms with Gasteiger partial charge in [0.15, 0.2) is 28.8 Å². The molecule has 0 aliphatic carbocycles. The highest BCUT2D eigenvalue weighted by atomic mass is 19.1. The van der Waals surface area contributed by atoms with E-state index < -0.39 is 17.3 Å². The molecule has 0 amide bonds. The minimum atomic E-state index is -0.913. The fourth-order valence-corrected chi connectivity index (χ4v) is 3.38. The molecule has 1 aromatic carbocycles. The number of nitrogens with zero attached hydrogens (tertiary/aromatic N) is 6. The van der Waals surface area contributed by atoms with Crippen molar-refractivity contribution >= 4 is 16.9 Å². The largest absolute Gasteiger partial charge is 0.493 e. The lowest BCUT2D eigenvalue weighted by Crippen LogP contribution is -2.22. The van der Waals surface area contributed by atoms with Gasteiger partial charge in [0.1, 0.15) is 16.7 Å². The number of hydrogen-bond acceptors (Lipinski definition) is 6. The highest BCUT2D eigenvalue weighted by molar-refractivity contribution is 5.73. The fourth-order valence-electron chi connectivity index (χ4n) is 3.38. The quantitative estimate of drug-likeness (QED) is 0.456. The summed E-state index contributed by atoms with van der Waals surface area (Å²) in [6.07, 6.45) is 5.94. The van der Waals surface area contributed by atoms with Gasteiger partial charge in [0.25, 0.3) is 0 Å². The first-order chi connectivity index (χ1) is 15.5. The number of aryl methyl sites for hydroxylation is 2. The van der Waals surface area contributed by atoms with Crippen molar-refractivity contribution in [2.24, 2.45) is 12.0 Å². The van der Waals surface area contributed by atoms with Crippen molar-refractivity contribution in [3.8, 4) is 22.8 Å². The minimum Gasteiger partial charge on any atom is -0.493 e. The summed E-state index contributed by atoms with van der Waals surface area (Å²) in [4.78, 5) is 13.5. The molecular weight excluding hydrogens is 418 g/mol. The average molecular weight is 440 g/mol. The van der Waals surface area contributed by atoms with Crippen molar-refractivity contribution in [3.05, 3.63) is 53.9 Å². The summed E-state index contributed by atoms with van der Waals surface area (Å²) >= 11 is 0. The monoisotopic (exact) mass is 440 g/mol. The van der Waals surface area contributed by atoms with E-state index in [0.29, 0.717) is 28.9 Å². The zero-order valence-corrected chi connectivity index (χ0v) is 18.1. The van der Waals surface area contributed by atoms with Gasteiger partial charge < -0.3 is 14.0 Å². The Kier molecular flexibility index (Phi) is 5.85. The molecule has 166 valence electrons. The molecule has 0 saturated carbocycles. The van der Waals surface area contributed by atoms with E-state index in [0.717, 1.165) is 18.1 Å². The Bertz CT molecular complexity index is 1330. The van der Waals surface area contributed by atoms with Crippen LogP contribution in [0.3, 0.4) is 0 Å². The lowest BCUT2D eigenvalue weighted by Gasteiger charge is -2.12. The maximum atomic E-state index is 14.9. The van der Waals surface area contributed by atoms with Gasteiger partial charge in [-0.1, -0.05) is 6.92 Å². The van der Waals surface area contributed by atoms with Crippen LogP contribution in [0.2, 0.25) is 0 Å². The Morgan fingerprint density at radius 1 is 1.06 bits per heavy atom. The van der Waals surface area contributed by atoms with Crippen LogP contribution in [-0.4, -0.2) is 38.5 Å². The third kappa shape index (κ3) is 3.79. The van der Waals surface area contributed by atoms with Gasteiger partial charge >= 0.3 is 0 Å². The van der Waals surface area contributed by atoms with Crippen molar-refractivity contribution in [3.63, 3.8) is 0 Å². The van der Waals surface area contributed by atoms with Gasteiger partial charge in [-0.15, -0.1) is 0 Å². The van der Waals surface area contributed by atoms with Crippen LogP contribution in [0.1, 0.15) is 13.3 Å². The SMILES string of the molecule is CCCn1/c(=N/c2c(F)c(OC)cc(OC)c2F)ccc2ncc(-c3cnn(C)c3)nc21. The number of aromatic nitrogens is 5. The van der Waals surface area contributed by atoms with Gasteiger partial charge in [0, 0.05) is 31.4 Å². The van der Waals surface area contributed by atoms with Crippen LogP contribution >= 0.6 is 0 Å². The third-order valence-electron chi connectivity index (χ3n) is 4.93. The Morgan fingerprint density at radius 3 is 2.38 bits per heavy atom. The van der Waals surface area contributed by atoms with E-state index in [1.807, 2.05) is 20.2 Å². The van der Waals surface area contributed by atoms with Gasteiger partial charge in [-0.05, 0) is 18.6 Å². The standard InChI is InChI=1S/C22H22F2N6O2/c1-5-8-30-18(28-21-19(23)16(31-3)9-17(32-4)20(21)24)7-6-14-22(30)27-15(11-25-14)13-10-26-29(2)12-13/h6-7,9-12H,5,8H2,1-4H3/b28-18+. The number of ether oxygens (including phenoxy) is 2. The van der Waals surface area contributed by atoms with Gasteiger partial charge in [0.2, 0.25) is 0 Å². The topological polar surface area (TPSA) is 79.4 Å². The number of rotatable bonds is 6. The molecule has 32 heavy (non-hydrogen) atoms. The number of fused-ring (bicyclic) bond motifs is 1. The summed E-state index contributed by atoms with van der Waals surface area (Å²) in [7, 11) is 4.41. The first kappa shape index (κ1) is 21.4. The Labute approximate surface area is 182 Å². The Morgan fingerprint density at radius 2 is 1.78 bits per heavy atom. The predicted molar refractivity (Wildman–Crippen MR) is 115 cm³/mol. The van der Waals surface area contributed by atoms with Crippen molar-refractivity contribution in [1.82, 2.24) is 24.3 Å². The number of hydrogen-bond donors (Lipinski definition) is 0. The molecule has 0 aliphatic rings. The second-order valence-electron chi connectivity index (χ2n) is 7.08. The van der Waals surface area contributed by atoms with E-state index in [9.17, 15) is 8.78 Å². The third-order valence-corrected chi connectivity index (χ3v) is 4.93. The van der Waals surface area contributed by atoms with Gasteiger partial charge in [0.05, 0.1) is 32.3 Å². The second kappa shape index (κ2) is 8.74. The van der Waals surface area contributed by atoms with Crippen molar-refractivity contribution < 1.29 is 18.3 Å². The van der Waals surface area contributed by atoms with E-state index in [-0.39, 0.29) is 11.5 Å². The normalized spacial score (nSPS) is 11.9. The first-order valence-electron chi connectivity index (χ1n) is 9.97. The van der Waals surface area contributed by atoms with Gasteiger partial charge in [-0.25, -0.2) is 18.8 Å². The van der Waals surface area contributed by atoms with Crippen LogP contribution in [0.4, 0.5) is 14.5 Å². The molecule has 0 atom stereocenters. The summed E-state index contributed by atoms with van der Waals surface area (Å²) in [6, 6.07) is 4.52. The average Bonchev–Trinajstić information content (AvgIpc) is 3.24. The first-order valence-corrected chi connectivity index (χ1v) is 9.97. The molecule has 10 heteroatoms. The van der Waals surface area contributed by atoms with Gasteiger partial charge in [-0.3, -0.25) is 9.67 Å². The van der Waals surface area contributed by atoms with Crippen LogP contribution < -0.4 is 15.0 Å². The van der Waals surface area contributed by atoms with E-state index in [4.69, 9.17) is 14.5 Å². The zero-order valence-electron chi connectivity index (χ0n) is 18.1. The van der Waals surface area contributed by atoms with E-state index in [1.165, 1.54) is 14.2 Å². The van der Waals surface area contributed by atoms with E-state index >= 15 is 0 Å². The molecular formula is C22H22F2N6O2. The molecule has 0 radical (unpaired) electrons. The molecule has 0 unspecified atom stereocenters. The molecule has 0 bridgehead atoms. The highest BCUT2D eigenvalue weighted by Crippen LogP contribution is 2.36. The maximum Gasteiger partial charge on any atom is 0.193 e. The van der Waals surface area contributed by atoms with Crippen LogP contribution in [0.5, 0.6) is 11.5 Å². The second-order valence-corrected chi connectivity index (χ2v) is 7.08. The Hall–Kier alpha value is -3.82. The maximum absolute atomic E-state index is 14.9. The van der Waals surface area contributed by atoms with Crippen molar-refractivity contribution in [1.29, 1.82) is 0 Å². The molecule has 0 fully saturated rings. The molecule has 3 aromatic heterocycles. The molecule has 0 N–H and O–H groups in total. The number of pyridine rings is 1. The summed E-state index contributed by atoms with van der Waals surface area (Å²) in [5.41, 5.74) is 2.45. The van der Waals surface area contributed by atoms with Gasteiger partial charge in [-0.2, -0.15) is 5.10 Å². The van der Waals surface area contributed by atoms with Crippen LogP contribution in [0, 0.1) is 11.6 Å². The summed E-state index contributed by atoms with van der Waals surface area (Å²) in [6.45, 7) is 2.51. The van der Waals surface area contributed by atoms with Crippen molar-refractivity contribution in [2.45, 2.75) is 19.9 Å². The fraction of sp³-hybridized carbons (Fsp3) is 0.273. The van der Waals surface area contributed by atoms with Crippen LogP contribution in [0.25, 0.3) is 22.4 Å². The highest BCUT2D eigenvalue weighted by Gasteiger charge is 2.20. The van der Waals surface area contributed by atoms with Crippen LogP contribution in [0.15, 0.2) is 41.8 Å². The van der Waals surface area contributed by atoms with E-state index in [2.05, 4.69) is 15.1 Å². The summed E-state index contributed by atoms with van der Waals surface area (Å²) < 4.78 is 43.3. The molecule has 0 saturated heterocycles. The lowest BCUT2D eigenvalue weighted by molar-refractivity contribution is 0.359. The molecule has 0 aliphatic heterocycles. The van der Waals surface area contributed by atoms with E-state index in [1.54, 1.807) is 33.8 Å². The summed E-state index contributed by atoms with van der Waals surface area (Å²) in [5, 5.41) is 4.17. The summed E-state index contributed by atoms with van der Waals surface area (Å²) in [5.74, 6) is -2.15. The number of benzene rings is 1. The molecule has 4 rings (SSSR count). The Balaban J connectivity index is 1.99. The zero-order chi connectivity index (χ0) is 22.8. The number of methoxy groups -OCH3 is 2. The number of halogens is 2. The van der Waals surface area contributed by atoms with Crippen molar-refractivity contribution in [2.75, 3.05) is 14.2 Å². The lowest BCUT2D eigenvalue weighted by atomic mass is 10.2. The predicted octanol–water partition coefficient (Wildman–Crippen LogP) is 3.77. The minimum absolute atomic E-state index is 0.163.